The van der Waals surface area contributed by atoms with Gasteiger partial charge >= 0.3 is 6.61 Å². The number of para-hydroxylation sites is 1. The molecule has 0 heterocycles. The number of ether oxygens (including phenoxy) is 3. The Bertz CT molecular complexity index is 791. The molecule has 2 rings (SSSR count). The molecule has 0 saturated carbocycles. The monoisotopic (exact) mass is 521 g/mol. The molecule has 2 aromatic rings. The molecule has 2 aromatic carbocycles. The van der Waals surface area contributed by atoms with Crippen LogP contribution in [0.15, 0.2) is 47.5 Å². The molecule has 0 fully saturated rings. The van der Waals surface area contributed by atoms with Gasteiger partial charge in [-0.15, -0.1) is 24.0 Å². The van der Waals surface area contributed by atoms with Gasteiger partial charge in [-0.1, -0.05) is 18.2 Å². The topological polar surface area (TPSA) is 64.1 Å². The second kappa shape index (κ2) is 13.0. The van der Waals surface area contributed by atoms with Crippen LogP contribution in [0.3, 0.4) is 0 Å². The van der Waals surface area contributed by atoms with Crippen LogP contribution in [-0.4, -0.2) is 40.4 Å². The first kappa shape index (κ1) is 24.7. The molecular weight excluding hydrogens is 495 g/mol. The lowest BCUT2D eigenvalue weighted by Gasteiger charge is -2.15. The molecule has 9 heteroatoms. The SMILES string of the molecule is CN=C(NCCc1ccccc1OC)NCc1ccc(OC)cc1OC(F)F.I. The Kier molecular flexibility index (Phi) is 11.1. The zero-order valence-corrected chi connectivity index (χ0v) is 18.9. The zero-order chi connectivity index (χ0) is 20.4. The lowest BCUT2D eigenvalue weighted by atomic mass is 10.1. The van der Waals surface area contributed by atoms with E-state index in [-0.39, 0.29) is 36.3 Å². The standard InChI is InChI=1S/C20H25F2N3O3.HI/c1-23-20(24-11-10-14-6-4-5-7-17(14)27-3)25-13-15-8-9-16(26-2)12-18(15)28-19(21)22;/h4-9,12,19H,10-11,13H2,1-3H3,(H2,23,24,25);1H. The number of guanidine groups is 1. The molecule has 0 spiro atoms. The van der Waals surface area contributed by atoms with E-state index in [0.717, 1.165) is 17.7 Å². The Morgan fingerprint density at radius 1 is 1.00 bits per heavy atom. The first-order chi connectivity index (χ1) is 13.6. The van der Waals surface area contributed by atoms with Crippen molar-refractivity contribution < 1.29 is 23.0 Å². The van der Waals surface area contributed by atoms with Crippen molar-refractivity contribution in [3.8, 4) is 17.2 Å². The van der Waals surface area contributed by atoms with E-state index in [9.17, 15) is 8.78 Å². The van der Waals surface area contributed by atoms with Gasteiger partial charge in [0.25, 0.3) is 0 Å². The van der Waals surface area contributed by atoms with Gasteiger partial charge in [0.05, 0.1) is 14.2 Å². The first-order valence-electron chi connectivity index (χ1n) is 8.75. The van der Waals surface area contributed by atoms with E-state index in [1.54, 1.807) is 26.3 Å². The Morgan fingerprint density at radius 3 is 2.41 bits per heavy atom. The van der Waals surface area contributed by atoms with Crippen molar-refractivity contribution in [2.45, 2.75) is 19.6 Å². The predicted molar refractivity (Wildman–Crippen MR) is 120 cm³/mol. The van der Waals surface area contributed by atoms with Crippen molar-refractivity contribution >= 4 is 29.9 Å². The maximum Gasteiger partial charge on any atom is 0.387 e. The molecule has 160 valence electrons. The third kappa shape index (κ3) is 7.92. The van der Waals surface area contributed by atoms with Crippen LogP contribution >= 0.6 is 24.0 Å². The van der Waals surface area contributed by atoms with Crippen molar-refractivity contribution in [2.24, 2.45) is 4.99 Å². The predicted octanol–water partition coefficient (Wildman–Crippen LogP) is 3.83. The van der Waals surface area contributed by atoms with E-state index in [1.165, 1.54) is 13.2 Å². The van der Waals surface area contributed by atoms with E-state index < -0.39 is 6.61 Å². The fourth-order valence-corrected chi connectivity index (χ4v) is 2.64. The molecule has 0 saturated heterocycles. The van der Waals surface area contributed by atoms with Crippen LogP contribution in [-0.2, 0) is 13.0 Å². The minimum Gasteiger partial charge on any atom is -0.497 e. The quantitative estimate of drug-likeness (QED) is 0.299. The number of halogens is 3. The summed E-state index contributed by atoms with van der Waals surface area (Å²) in [6.07, 6.45) is 0.743. The molecule has 0 aliphatic heterocycles. The number of nitrogens with one attached hydrogen (secondary N) is 2. The lowest BCUT2D eigenvalue weighted by molar-refractivity contribution is -0.0505. The van der Waals surface area contributed by atoms with E-state index in [2.05, 4.69) is 20.4 Å². The fourth-order valence-electron chi connectivity index (χ4n) is 2.64. The smallest absolute Gasteiger partial charge is 0.387 e. The lowest BCUT2D eigenvalue weighted by Crippen LogP contribution is -2.38. The van der Waals surface area contributed by atoms with Crippen LogP contribution < -0.4 is 24.8 Å². The van der Waals surface area contributed by atoms with Crippen molar-refractivity contribution in [3.05, 3.63) is 53.6 Å². The van der Waals surface area contributed by atoms with Gasteiger partial charge < -0.3 is 24.8 Å². The molecular formula is C20H26F2IN3O3. The minimum absolute atomic E-state index is 0. The molecule has 0 atom stereocenters. The van der Waals surface area contributed by atoms with Crippen LogP contribution in [0.2, 0.25) is 0 Å². The average Bonchev–Trinajstić information content (AvgIpc) is 2.71. The van der Waals surface area contributed by atoms with Gasteiger partial charge in [0.15, 0.2) is 5.96 Å². The molecule has 0 radical (unpaired) electrons. The summed E-state index contributed by atoms with van der Waals surface area (Å²) in [4.78, 5) is 4.15. The van der Waals surface area contributed by atoms with Crippen LogP contribution in [0, 0.1) is 0 Å². The highest BCUT2D eigenvalue weighted by Crippen LogP contribution is 2.26. The number of rotatable bonds is 9. The number of aliphatic imine (C=N–C) groups is 1. The van der Waals surface area contributed by atoms with E-state index in [4.69, 9.17) is 9.47 Å². The normalized spacial score (nSPS) is 10.9. The molecule has 0 unspecified atom stereocenters. The van der Waals surface area contributed by atoms with Crippen LogP contribution in [0.25, 0.3) is 0 Å². The summed E-state index contributed by atoms with van der Waals surface area (Å²) in [5, 5.41) is 6.29. The number of benzene rings is 2. The maximum atomic E-state index is 12.7. The van der Waals surface area contributed by atoms with Gasteiger partial charge in [0, 0.05) is 31.8 Å². The van der Waals surface area contributed by atoms with Gasteiger partial charge in [-0.25, -0.2) is 0 Å². The molecule has 29 heavy (non-hydrogen) atoms. The third-order valence-corrected chi connectivity index (χ3v) is 4.04. The number of alkyl halides is 2. The number of hydrogen-bond donors (Lipinski definition) is 2. The largest absolute Gasteiger partial charge is 0.497 e. The summed E-state index contributed by atoms with van der Waals surface area (Å²) in [5.41, 5.74) is 1.64. The van der Waals surface area contributed by atoms with E-state index in [1.807, 2.05) is 24.3 Å². The van der Waals surface area contributed by atoms with Crippen LogP contribution in [0.5, 0.6) is 17.2 Å². The van der Waals surface area contributed by atoms with Crippen molar-refractivity contribution in [1.29, 1.82) is 0 Å². The highest BCUT2D eigenvalue weighted by atomic mass is 127. The summed E-state index contributed by atoms with van der Waals surface area (Å²) < 4.78 is 40.3. The van der Waals surface area contributed by atoms with E-state index in [0.29, 0.717) is 23.8 Å². The minimum atomic E-state index is -2.91. The molecule has 2 N–H and O–H groups in total. The first-order valence-corrected chi connectivity index (χ1v) is 8.75. The Hall–Kier alpha value is -2.30. The van der Waals surface area contributed by atoms with Crippen molar-refractivity contribution in [3.63, 3.8) is 0 Å². The fraction of sp³-hybridized carbons (Fsp3) is 0.350. The van der Waals surface area contributed by atoms with Crippen LogP contribution in [0.4, 0.5) is 8.78 Å². The molecule has 0 aliphatic carbocycles. The van der Waals surface area contributed by atoms with Gasteiger partial charge in [-0.3, -0.25) is 4.99 Å². The maximum absolute atomic E-state index is 12.7. The number of methoxy groups -OCH3 is 2. The Labute approximate surface area is 186 Å². The molecule has 0 bridgehead atoms. The van der Waals surface area contributed by atoms with Gasteiger partial charge in [0.2, 0.25) is 0 Å². The Balaban J connectivity index is 0.00000420. The van der Waals surface area contributed by atoms with Crippen molar-refractivity contribution in [1.82, 2.24) is 10.6 Å². The molecule has 6 nitrogen and oxygen atoms in total. The van der Waals surface area contributed by atoms with Crippen molar-refractivity contribution in [2.75, 3.05) is 27.8 Å². The second-order valence-electron chi connectivity index (χ2n) is 5.77. The summed E-state index contributed by atoms with van der Waals surface area (Å²) >= 11 is 0. The number of hydrogen-bond acceptors (Lipinski definition) is 4. The van der Waals surface area contributed by atoms with Gasteiger partial charge in [0.1, 0.15) is 17.2 Å². The highest BCUT2D eigenvalue weighted by Gasteiger charge is 2.12. The molecule has 0 aromatic heterocycles. The highest BCUT2D eigenvalue weighted by molar-refractivity contribution is 14.0. The average molecular weight is 521 g/mol. The third-order valence-electron chi connectivity index (χ3n) is 4.04. The number of nitrogens with zero attached hydrogens (tertiary/aromatic N) is 1. The van der Waals surface area contributed by atoms with Gasteiger partial charge in [-0.2, -0.15) is 8.78 Å². The summed E-state index contributed by atoms with van der Waals surface area (Å²) in [5.74, 6) is 1.89. The molecule has 0 aliphatic rings. The molecule has 0 amide bonds. The van der Waals surface area contributed by atoms with Gasteiger partial charge in [-0.05, 0) is 30.2 Å². The Morgan fingerprint density at radius 2 is 1.76 bits per heavy atom. The summed E-state index contributed by atoms with van der Waals surface area (Å²) in [7, 11) is 4.75. The summed E-state index contributed by atoms with van der Waals surface area (Å²) in [6, 6.07) is 12.6. The van der Waals surface area contributed by atoms with Crippen LogP contribution in [0.1, 0.15) is 11.1 Å². The second-order valence-corrected chi connectivity index (χ2v) is 5.77. The zero-order valence-electron chi connectivity index (χ0n) is 16.6. The van der Waals surface area contributed by atoms with E-state index >= 15 is 0 Å². The summed E-state index contributed by atoms with van der Waals surface area (Å²) in [6.45, 7) is -2.02.